The highest BCUT2D eigenvalue weighted by molar-refractivity contribution is 5.56. The normalized spacial score (nSPS) is 17.4. The predicted molar refractivity (Wildman–Crippen MR) is 70.7 cm³/mol. The summed E-state index contributed by atoms with van der Waals surface area (Å²) in [6.07, 6.45) is 0. The fourth-order valence-electron chi connectivity index (χ4n) is 2.77. The number of nitrogens with two attached hydrogens (primary N) is 1. The van der Waals surface area contributed by atoms with Gasteiger partial charge in [0.05, 0.1) is 11.7 Å². The molecule has 0 radical (unpaired) electrons. The van der Waals surface area contributed by atoms with Crippen molar-refractivity contribution in [1.82, 2.24) is 0 Å². The molecule has 1 atom stereocenters. The van der Waals surface area contributed by atoms with E-state index in [0.717, 1.165) is 6.07 Å². The Morgan fingerprint density at radius 1 is 1.10 bits per heavy atom. The smallest absolute Gasteiger partial charge is 0.146 e. The molecule has 2 N–H and O–H groups in total. The SMILES string of the molecule is NCC1c2c(F)cc(F)cc2CN1c1ccccc1F. The number of rotatable bonds is 2. The molecule has 0 saturated carbocycles. The third-order valence-corrected chi connectivity index (χ3v) is 3.62. The van der Waals surface area contributed by atoms with Gasteiger partial charge in [-0.3, -0.25) is 0 Å². The second-order valence-corrected chi connectivity index (χ2v) is 4.79. The first-order valence-electron chi connectivity index (χ1n) is 6.31. The van der Waals surface area contributed by atoms with Crippen LogP contribution >= 0.6 is 0 Å². The van der Waals surface area contributed by atoms with Gasteiger partial charge in [-0.15, -0.1) is 0 Å². The number of para-hydroxylation sites is 1. The van der Waals surface area contributed by atoms with Crippen LogP contribution in [0.25, 0.3) is 0 Å². The predicted octanol–water partition coefficient (Wildman–Crippen LogP) is 3.12. The summed E-state index contributed by atoms with van der Waals surface area (Å²) in [4.78, 5) is 1.67. The van der Waals surface area contributed by atoms with Gasteiger partial charge in [0.1, 0.15) is 17.5 Å². The molecule has 0 fully saturated rings. The van der Waals surface area contributed by atoms with Gasteiger partial charge in [-0.25, -0.2) is 13.2 Å². The van der Waals surface area contributed by atoms with Crippen LogP contribution in [0.2, 0.25) is 0 Å². The van der Waals surface area contributed by atoms with E-state index in [1.54, 1.807) is 23.1 Å². The highest BCUT2D eigenvalue weighted by Gasteiger charge is 2.33. The van der Waals surface area contributed by atoms with Crippen molar-refractivity contribution in [2.75, 3.05) is 11.4 Å². The minimum atomic E-state index is -0.632. The second kappa shape index (κ2) is 4.83. The van der Waals surface area contributed by atoms with Crippen LogP contribution in [0.1, 0.15) is 17.2 Å². The Kier molecular flexibility index (Phi) is 3.14. The van der Waals surface area contributed by atoms with Crippen LogP contribution in [0, 0.1) is 17.5 Å². The maximum atomic E-state index is 14.0. The largest absolute Gasteiger partial charge is 0.356 e. The first kappa shape index (κ1) is 13.0. The molecule has 2 nitrogen and oxygen atoms in total. The topological polar surface area (TPSA) is 29.3 Å². The van der Waals surface area contributed by atoms with Crippen molar-refractivity contribution < 1.29 is 13.2 Å². The van der Waals surface area contributed by atoms with E-state index in [0.29, 0.717) is 16.8 Å². The summed E-state index contributed by atoms with van der Waals surface area (Å²) in [5.74, 6) is -1.67. The molecular weight excluding hydrogens is 265 g/mol. The second-order valence-electron chi connectivity index (χ2n) is 4.79. The zero-order chi connectivity index (χ0) is 14.3. The fraction of sp³-hybridized carbons (Fsp3) is 0.200. The molecule has 1 aliphatic heterocycles. The van der Waals surface area contributed by atoms with Crippen molar-refractivity contribution in [1.29, 1.82) is 0 Å². The molecule has 0 saturated heterocycles. The molecule has 0 bridgehead atoms. The van der Waals surface area contributed by atoms with Gasteiger partial charge in [-0.2, -0.15) is 0 Å². The lowest BCUT2D eigenvalue weighted by molar-refractivity contribution is 0.555. The molecule has 5 heteroatoms. The number of halogens is 3. The Bertz CT molecular complexity index is 658. The van der Waals surface area contributed by atoms with Gasteiger partial charge in [0.2, 0.25) is 0 Å². The quantitative estimate of drug-likeness (QED) is 0.914. The lowest BCUT2D eigenvalue weighted by atomic mass is 10.0. The van der Waals surface area contributed by atoms with Gasteiger partial charge in [-0.1, -0.05) is 12.1 Å². The lowest BCUT2D eigenvalue weighted by Crippen LogP contribution is -2.28. The van der Waals surface area contributed by atoms with Crippen molar-refractivity contribution >= 4 is 5.69 Å². The highest BCUT2D eigenvalue weighted by atomic mass is 19.1. The van der Waals surface area contributed by atoms with E-state index in [-0.39, 0.29) is 13.1 Å². The van der Waals surface area contributed by atoms with E-state index >= 15 is 0 Å². The minimum absolute atomic E-state index is 0.129. The molecule has 1 unspecified atom stereocenters. The Hall–Kier alpha value is -2.01. The molecule has 0 aromatic heterocycles. The summed E-state index contributed by atoms with van der Waals surface area (Å²) in [6.45, 7) is 0.372. The molecule has 2 aromatic carbocycles. The Balaban J connectivity index is 2.09. The summed E-state index contributed by atoms with van der Waals surface area (Å²) in [7, 11) is 0. The number of hydrogen-bond donors (Lipinski definition) is 1. The average Bonchev–Trinajstić information content (AvgIpc) is 2.77. The molecule has 2 aromatic rings. The summed E-state index contributed by atoms with van der Waals surface area (Å²) >= 11 is 0. The van der Waals surface area contributed by atoms with E-state index in [1.165, 1.54) is 12.1 Å². The third-order valence-electron chi connectivity index (χ3n) is 3.62. The monoisotopic (exact) mass is 278 g/mol. The van der Waals surface area contributed by atoms with Crippen molar-refractivity contribution in [2.45, 2.75) is 12.6 Å². The van der Waals surface area contributed by atoms with Gasteiger partial charge < -0.3 is 10.6 Å². The molecule has 3 rings (SSSR count). The summed E-state index contributed by atoms with van der Waals surface area (Å²) < 4.78 is 41.2. The lowest BCUT2D eigenvalue weighted by Gasteiger charge is -2.26. The standard InChI is InChI=1S/C15H13F3N2/c16-10-5-9-8-20(13-4-2-1-3-11(13)17)14(7-19)15(9)12(18)6-10/h1-6,14H,7-8,19H2. The van der Waals surface area contributed by atoms with E-state index in [9.17, 15) is 13.2 Å². The van der Waals surface area contributed by atoms with Crippen molar-refractivity contribution in [3.05, 3.63) is 65.0 Å². The Labute approximate surface area is 114 Å². The molecule has 0 amide bonds. The first-order valence-corrected chi connectivity index (χ1v) is 6.31. The number of fused-ring (bicyclic) bond motifs is 1. The molecule has 1 heterocycles. The van der Waals surface area contributed by atoms with Crippen LogP contribution in [0.5, 0.6) is 0 Å². The van der Waals surface area contributed by atoms with Gasteiger partial charge in [0.25, 0.3) is 0 Å². The van der Waals surface area contributed by atoms with Crippen molar-refractivity contribution in [3.8, 4) is 0 Å². The molecular formula is C15H13F3N2. The fourth-order valence-corrected chi connectivity index (χ4v) is 2.77. The summed E-state index contributed by atoms with van der Waals surface area (Å²) in [5.41, 5.74) is 6.93. The van der Waals surface area contributed by atoms with Gasteiger partial charge in [-0.05, 0) is 23.8 Å². The van der Waals surface area contributed by atoms with Crippen LogP contribution in [-0.2, 0) is 6.54 Å². The van der Waals surface area contributed by atoms with Crippen LogP contribution in [0.3, 0.4) is 0 Å². The number of benzene rings is 2. The van der Waals surface area contributed by atoms with E-state index < -0.39 is 23.5 Å². The summed E-state index contributed by atoms with van der Waals surface area (Å²) in [6, 6.07) is 7.86. The molecule has 0 aliphatic carbocycles. The third kappa shape index (κ3) is 1.94. The summed E-state index contributed by atoms with van der Waals surface area (Å²) in [5, 5.41) is 0. The molecule has 20 heavy (non-hydrogen) atoms. The Morgan fingerprint density at radius 2 is 1.85 bits per heavy atom. The molecule has 1 aliphatic rings. The van der Waals surface area contributed by atoms with Gasteiger partial charge in [0, 0.05) is 24.7 Å². The van der Waals surface area contributed by atoms with Crippen LogP contribution < -0.4 is 10.6 Å². The molecule has 104 valence electrons. The van der Waals surface area contributed by atoms with Gasteiger partial charge in [0.15, 0.2) is 0 Å². The van der Waals surface area contributed by atoms with Crippen molar-refractivity contribution in [2.24, 2.45) is 5.73 Å². The zero-order valence-corrected chi connectivity index (χ0v) is 10.6. The number of anilines is 1. The number of nitrogens with zero attached hydrogens (tertiary/aromatic N) is 1. The minimum Gasteiger partial charge on any atom is -0.356 e. The van der Waals surface area contributed by atoms with Crippen LogP contribution in [0.4, 0.5) is 18.9 Å². The highest BCUT2D eigenvalue weighted by Crippen LogP contribution is 2.39. The van der Waals surface area contributed by atoms with Crippen molar-refractivity contribution in [3.63, 3.8) is 0 Å². The number of hydrogen-bond acceptors (Lipinski definition) is 2. The van der Waals surface area contributed by atoms with Gasteiger partial charge >= 0.3 is 0 Å². The van der Waals surface area contributed by atoms with E-state index in [1.807, 2.05) is 0 Å². The van der Waals surface area contributed by atoms with Crippen LogP contribution in [-0.4, -0.2) is 6.54 Å². The van der Waals surface area contributed by atoms with Crippen LogP contribution in [0.15, 0.2) is 36.4 Å². The first-order chi connectivity index (χ1) is 9.61. The Morgan fingerprint density at radius 3 is 2.55 bits per heavy atom. The molecule has 0 spiro atoms. The van der Waals surface area contributed by atoms with E-state index in [4.69, 9.17) is 5.73 Å². The average molecular weight is 278 g/mol. The maximum absolute atomic E-state index is 14.0. The zero-order valence-electron chi connectivity index (χ0n) is 10.6. The van der Waals surface area contributed by atoms with E-state index in [2.05, 4.69) is 0 Å². The maximum Gasteiger partial charge on any atom is 0.146 e.